The van der Waals surface area contributed by atoms with Crippen LogP contribution in [0.4, 0.5) is 4.39 Å². The fourth-order valence-corrected chi connectivity index (χ4v) is 8.09. The second-order valence-electron chi connectivity index (χ2n) is 11.6. The quantitative estimate of drug-likeness (QED) is 0.264. The summed E-state index contributed by atoms with van der Waals surface area (Å²) in [5.74, 6) is -2.51. The maximum atomic E-state index is 14.2. The summed E-state index contributed by atoms with van der Waals surface area (Å²) in [5, 5.41) is 0.550. The van der Waals surface area contributed by atoms with Crippen LogP contribution in [0, 0.1) is 5.82 Å². The van der Waals surface area contributed by atoms with Crippen LogP contribution >= 0.6 is 11.6 Å². The second kappa shape index (κ2) is 12.5. The molecule has 0 bridgehead atoms. The Balaban J connectivity index is 1.41. The van der Waals surface area contributed by atoms with Gasteiger partial charge in [0, 0.05) is 16.8 Å². The zero-order valence-corrected chi connectivity index (χ0v) is 26.4. The van der Waals surface area contributed by atoms with E-state index in [1.54, 1.807) is 18.3 Å². The van der Waals surface area contributed by atoms with Gasteiger partial charge in [-0.15, -0.1) is 0 Å². The monoisotopic (exact) mass is 653 g/mol. The van der Waals surface area contributed by atoms with Crippen molar-refractivity contribution in [2.24, 2.45) is 0 Å². The zero-order chi connectivity index (χ0) is 31.9. The predicted molar refractivity (Wildman–Crippen MR) is 167 cm³/mol. The first-order valence-corrected chi connectivity index (χ1v) is 16.9. The van der Waals surface area contributed by atoms with Crippen molar-refractivity contribution in [2.75, 3.05) is 13.4 Å². The third-order valence-corrected chi connectivity index (χ3v) is 10.2. The molecule has 45 heavy (non-hydrogen) atoms. The number of hydrogen-bond acceptors (Lipinski definition) is 7. The number of methoxy groups -OCH3 is 1. The Kier molecular flexibility index (Phi) is 8.60. The summed E-state index contributed by atoms with van der Waals surface area (Å²) in [5.41, 5.74) is 5.98. The largest absolute Gasteiger partial charge is 0.465 e. The van der Waals surface area contributed by atoms with Gasteiger partial charge in [-0.3, -0.25) is 13.9 Å². The van der Waals surface area contributed by atoms with Crippen LogP contribution in [0.1, 0.15) is 70.3 Å². The Morgan fingerprint density at radius 3 is 2.44 bits per heavy atom. The van der Waals surface area contributed by atoms with E-state index in [1.165, 1.54) is 29.8 Å². The van der Waals surface area contributed by atoms with E-state index in [-0.39, 0.29) is 24.3 Å². The van der Waals surface area contributed by atoms with Crippen molar-refractivity contribution in [3.05, 3.63) is 112 Å². The number of sulfonamides is 1. The first-order valence-electron chi connectivity index (χ1n) is 14.7. The standard InChI is InChI=1S/C33H33ClFN3O6S/c1-43-33(40)22-15-20(16-24(35)17-22)19-44-36-32(39)30-26-8-4-3-7-25(26)29-18-37(45(2,41)42)27-9-5-6-10-28(27)38(29)31(30)21-11-13-23(34)14-12-21/h3-4,7-8,11-18,27-28,30-31H,5-6,9-10,19H2,1-2H3,(H,36,39)/t27-,28-,30+,31-/m0/s1. The minimum atomic E-state index is -3.56. The van der Waals surface area contributed by atoms with Gasteiger partial charge in [0.2, 0.25) is 10.0 Å². The lowest BCUT2D eigenvalue weighted by Gasteiger charge is -2.56. The lowest BCUT2D eigenvalue weighted by atomic mass is 9.75. The molecule has 3 aliphatic rings. The normalized spacial score (nSPS) is 22.4. The molecule has 4 atom stereocenters. The van der Waals surface area contributed by atoms with Crippen molar-refractivity contribution in [2.45, 2.75) is 56.3 Å². The van der Waals surface area contributed by atoms with E-state index in [1.807, 2.05) is 36.4 Å². The maximum Gasteiger partial charge on any atom is 0.337 e. The summed E-state index contributed by atoms with van der Waals surface area (Å²) in [6.45, 7) is -0.198. The summed E-state index contributed by atoms with van der Waals surface area (Å²) < 4.78 is 46.5. The number of carbonyl (C=O) groups is 2. The lowest BCUT2D eigenvalue weighted by molar-refractivity contribution is -0.138. The van der Waals surface area contributed by atoms with Crippen molar-refractivity contribution in [3.63, 3.8) is 0 Å². The summed E-state index contributed by atoms with van der Waals surface area (Å²) in [4.78, 5) is 34.0. The van der Waals surface area contributed by atoms with Crippen molar-refractivity contribution in [3.8, 4) is 0 Å². The molecule has 1 fully saturated rings. The number of hydrogen-bond donors (Lipinski definition) is 1. The van der Waals surface area contributed by atoms with Gasteiger partial charge in [-0.05, 0) is 59.9 Å². The van der Waals surface area contributed by atoms with Crippen LogP contribution in [0.3, 0.4) is 0 Å². The minimum Gasteiger partial charge on any atom is -0.465 e. The maximum absolute atomic E-state index is 14.2. The van der Waals surface area contributed by atoms with E-state index in [0.717, 1.165) is 42.2 Å². The molecule has 0 aromatic heterocycles. The topological polar surface area (TPSA) is 105 Å². The number of nitrogens with one attached hydrogen (secondary N) is 1. The number of benzene rings is 3. The zero-order valence-electron chi connectivity index (χ0n) is 24.8. The highest BCUT2D eigenvalue weighted by molar-refractivity contribution is 7.88. The van der Waals surface area contributed by atoms with Gasteiger partial charge in [-0.25, -0.2) is 23.1 Å². The van der Waals surface area contributed by atoms with Crippen molar-refractivity contribution >= 4 is 39.2 Å². The number of nitrogens with zero attached hydrogens (tertiary/aromatic N) is 2. The van der Waals surface area contributed by atoms with Gasteiger partial charge >= 0.3 is 5.97 Å². The Morgan fingerprint density at radius 2 is 1.73 bits per heavy atom. The molecule has 3 aromatic carbocycles. The lowest BCUT2D eigenvalue weighted by Crippen LogP contribution is -2.59. The Bertz CT molecular complexity index is 1770. The highest BCUT2D eigenvalue weighted by Gasteiger charge is 2.51. The first kappa shape index (κ1) is 31.1. The SMILES string of the molecule is COC(=O)c1cc(F)cc(CONC(=O)[C@@H]2c3ccccc3C3=CN(S(C)(=O)=O)[C@H]4CCCC[C@@H]4N3[C@H]2c2ccc(Cl)cc2)c1. The molecule has 3 aromatic rings. The number of ether oxygens (including phenoxy) is 1. The van der Waals surface area contributed by atoms with Crippen LogP contribution in [0.5, 0.6) is 0 Å². The number of halogens is 2. The van der Waals surface area contributed by atoms with Crippen LogP contribution in [-0.4, -0.2) is 54.9 Å². The molecule has 1 N–H and O–H groups in total. The van der Waals surface area contributed by atoms with Crippen molar-refractivity contribution in [1.82, 2.24) is 14.7 Å². The summed E-state index contributed by atoms with van der Waals surface area (Å²) in [7, 11) is -2.35. The van der Waals surface area contributed by atoms with E-state index >= 15 is 0 Å². The molecular weight excluding hydrogens is 621 g/mol. The fourth-order valence-electron chi connectivity index (χ4n) is 6.93. The smallest absolute Gasteiger partial charge is 0.337 e. The molecule has 12 heteroatoms. The second-order valence-corrected chi connectivity index (χ2v) is 13.9. The van der Waals surface area contributed by atoms with Gasteiger partial charge < -0.3 is 9.64 Å². The predicted octanol–water partition coefficient (Wildman–Crippen LogP) is 5.54. The van der Waals surface area contributed by atoms with Gasteiger partial charge in [0.25, 0.3) is 5.91 Å². The van der Waals surface area contributed by atoms with Crippen LogP contribution in [0.2, 0.25) is 5.02 Å². The summed E-state index contributed by atoms with van der Waals surface area (Å²) in [6, 6.07) is 17.6. The highest BCUT2D eigenvalue weighted by atomic mass is 35.5. The van der Waals surface area contributed by atoms with Crippen LogP contribution in [0.25, 0.3) is 5.70 Å². The van der Waals surface area contributed by atoms with E-state index < -0.39 is 39.7 Å². The average molecular weight is 654 g/mol. The van der Waals surface area contributed by atoms with Crippen LogP contribution < -0.4 is 5.48 Å². The van der Waals surface area contributed by atoms with E-state index in [9.17, 15) is 22.4 Å². The molecule has 0 spiro atoms. The molecule has 2 heterocycles. The molecule has 1 aliphatic carbocycles. The van der Waals surface area contributed by atoms with E-state index in [0.29, 0.717) is 22.6 Å². The minimum absolute atomic E-state index is 0.0287. The molecule has 9 nitrogen and oxygen atoms in total. The van der Waals surface area contributed by atoms with E-state index in [4.69, 9.17) is 21.2 Å². The first-order chi connectivity index (χ1) is 21.6. The Morgan fingerprint density at radius 1 is 1.02 bits per heavy atom. The number of amides is 1. The number of hydroxylamine groups is 1. The van der Waals surface area contributed by atoms with Crippen LogP contribution in [0.15, 0.2) is 72.9 Å². The molecule has 0 radical (unpaired) electrons. The molecule has 0 saturated heterocycles. The van der Waals surface area contributed by atoms with Gasteiger partial charge in [-0.1, -0.05) is 60.8 Å². The average Bonchev–Trinajstić information content (AvgIpc) is 3.02. The molecule has 2 aliphatic heterocycles. The highest BCUT2D eigenvalue weighted by Crippen LogP contribution is 2.53. The van der Waals surface area contributed by atoms with Gasteiger partial charge in [0.15, 0.2) is 0 Å². The van der Waals surface area contributed by atoms with E-state index in [2.05, 4.69) is 10.4 Å². The van der Waals surface area contributed by atoms with Gasteiger partial charge in [0.05, 0.1) is 55.3 Å². The van der Waals surface area contributed by atoms with Crippen molar-refractivity contribution in [1.29, 1.82) is 0 Å². The molecule has 1 saturated carbocycles. The molecule has 1 amide bonds. The summed E-state index contributed by atoms with van der Waals surface area (Å²) in [6.07, 6.45) is 6.25. The third kappa shape index (κ3) is 6.04. The van der Waals surface area contributed by atoms with Crippen LogP contribution in [-0.2, 0) is 31.0 Å². The number of esters is 1. The number of carbonyl (C=O) groups excluding carboxylic acids is 2. The van der Waals surface area contributed by atoms with Crippen molar-refractivity contribution < 1.29 is 32.0 Å². The Hall–Kier alpha value is -3.93. The molecular formula is C33H33ClFN3O6S. The molecule has 6 rings (SSSR count). The summed E-state index contributed by atoms with van der Waals surface area (Å²) >= 11 is 6.27. The van der Waals surface area contributed by atoms with Gasteiger partial charge in [-0.2, -0.15) is 0 Å². The molecule has 0 unspecified atom stereocenters. The fraction of sp³-hybridized carbons (Fsp3) is 0.333. The number of fused-ring (bicyclic) bond motifs is 5. The van der Waals surface area contributed by atoms with Gasteiger partial charge in [0.1, 0.15) is 5.82 Å². The number of rotatable bonds is 7. The Labute approximate surface area is 266 Å². The molecule has 236 valence electrons. The third-order valence-electron chi connectivity index (χ3n) is 8.76.